The molecule has 0 saturated heterocycles. The Morgan fingerprint density at radius 3 is 2.22 bits per heavy atom. The minimum atomic E-state index is -0.599. The maximum Gasteiger partial charge on any atom is 0.287 e. The third-order valence-corrected chi connectivity index (χ3v) is 4.56. The standard InChI is InChI=1S/C25H24N4O3/c1-29(2)21-14-12-18(13-15-21)16-22(27-24(31)19-8-4-3-5-9-19)25(32)28-26-17-20-10-6-7-11-23(20)30/h3-17,30H,1-2H3,(H,27,31)(H,28,32)/b22-16-,26-17-. The molecule has 0 saturated carbocycles. The average Bonchev–Trinajstić information content (AvgIpc) is 2.80. The van der Waals surface area contributed by atoms with E-state index in [1.807, 2.05) is 43.3 Å². The van der Waals surface area contributed by atoms with Crippen molar-refractivity contribution in [2.24, 2.45) is 5.10 Å². The molecule has 2 amide bonds. The monoisotopic (exact) mass is 428 g/mol. The van der Waals surface area contributed by atoms with Gasteiger partial charge in [-0.2, -0.15) is 5.10 Å². The third kappa shape index (κ3) is 6.06. The van der Waals surface area contributed by atoms with Gasteiger partial charge in [0, 0.05) is 30.9 Å². The number of hydrazone groups is 1. The normalized spacial score (nSPS) is 11.2. The van der Waals surface area contributed by atoms with Crippen LogP contribution in [0.5, 0.6) is 5.75 Å². The molecule has 7 nitrogen and oxygen atoms in total. The maximum absolute atomic E-state index is 12.8. The van der Waals surface area contributed by atoms with Crippen LogP contribution in [-0.2, 0) is 4.79 Å². The molecule has 0 aliphatic carbocycles. The maximum atomic E-state index is 12.8. The fourth-order valence-electron chi connectivity index (χ4n) is 2.80. The first-order valence-electron chi connectivity index (χ1n) is 9.91. The summed E-state index contributed by atoms with van der Waals surface area (Å²) in [5, 5.41) is 16.4. The van der Waals surface area contributed by atoms with Crippen molar-refractivity contribution < 1.29 is 14.7 Å². The lowest BCUT2D eigenvalue weighted by molar-refractivity contribution is -0.117. The first kappa shape index (κ1) is 22.3. The lowest BCUT2D eigenvalue weighted by Gasteiger charge is -2.12. The molecule has 0 heterocycles. The SMILES string of the molecule is CN(C)c1ccc(/C=C(\NC(=O)c2ccccc2)C(=O)N/N=C\c2ccccc2O)cc1. The van der Waals surface area contributed by atoms with Gasteiger partial charge in [-0.05, 0) is 48.0 Å². The van der Waals surface area contributed by atoms with E-state index in [0.717, 1.165) is 11.3 Å². The molecule has 3 aromatic carbocycles. The molecule has 0 aliphatic rings. The van der Waals surface area contributed by atoms with Gasteiger partial charge in [0.2, 0.25) is 0 Å². The van der Waals surface area contributed by atoms with Crippen molar-refractivity contribution in [3.63, 3.8) is 0 Å². The molecule has 3 rings (SSSR count). The number of phenolic OH excluding ortho intramolecular Hbond substituents is 1. The Labute approximate surface area is 186 Å². The summed E-state index contributed by atoms with van der Waals surface area (Å²) in [5.74, 6) is -0.973. The second kappa shape index (κ2) is 10.6. The largest absolute Gasteiger partial charge is 0.507 e. The van der Waals surface area contributed by atoms with E-state index in [1.54, 1.807) is 54.6 Å². The van der Waals surface area contributed by atoms with E-state index in [9.17, 15) is 14.7 Å². The van der Waals surface area contributed by atoms with E-state index >= 15 is 0 Å². The molecule has 3 aromatic rings. The van der Waals surface area contributed by atoms with Gasteiger partial charge in [0.1, 0.15) is 11.4 Å². The minimum Gasteiger partial charge on any atom is -0.507 e. The van der Waals surface area contributed by atoms with Crippen LogP contribution < -0.4 is 15.6 Å². The summed E-state index contributed by atoms with van der Waals surface area (Å²) in [5.41, 5.74) is 5.04. The van der Waals surface area contributed by atoms with Gasteiger partial charge in [0.15, 0.2) is 0 Å². The van der Waals surface area contributed by atoms with Crippen LogP contribution in [0.2, 0.25) is 0 Å². The van der Waals surface area contributed by atoms with Crippen molar-refractivity contribution in [2.75, 3.05) is 19.0 Å². The molecular weight excluding hydrogens is 404 g/mol. The Kier molecular flexibility index (Phi) is 7.37. The van der Waals surface area contributed by atoms with E-state index in [-0.39, 0.29) is 11.4 Å². The van der Waals surface area contributed by atoms with E-state index in [0.29, 0.717) is 11.1 Å². The predicted molar refractivity (Wildman–Crippen MR) is 126 cm³/mol. The fraction of sp³-hybridized carbons (Fsp3) is 0.0800. The van der Waals surface area contributed by atoms with Crippen LogP contribution in [0.3, 0.4) is 0 Å². The molecular formula is C25H24N4O3. The van der Waals surface area contributed by atoms with Gasteiger partial charge in [-0.25, -0.2) is 5.43 Å². The number of carbonyl (C=O) groups is 2. The second-order valence-corrected chi connectivity index (χ2v) is 7.12. The summed E-state index contributed by atoms with van der Waals surface area (Å²) >= 11 is 0. The highest BCUT2D eigenvalue weighted by Gasteiger charge is 2.14. The average molecular weight is 428 g/mol. The van der Waals surface area contributed by atoms with Crippen LogP contribution in [0.1, 0.15) is 21.5 Å². The van der Waals surface area contributed by atoms with Crippen molar-refractivity contribution in [3.8, 4) is 5.75 Å². The summed E-state index contributed by atoms with van der Waals surface area (Å²) in [7, 11) is 3.87. The summed E-state index contributed by atoms with van der Waals surface area (Å²) in [4.78, 5) is 27.4. The van der Waals surface area contributed by atoms with Crippen molar-refractivity contribution in [1.82, 2.24) is 10.7 Å². The number of hydrogen-bond acceptors (Lipinski definition) is 5. The molecule has 0 radical (unpaired) electrons. The van der Waals surface area contributed by atoms with Gasteiger partial charge in [-0.1, -0.05) is 42.5 Å². The van der Waals surface area contributed by atoms with Crippen molar-refractivity contribution in [2.45, 2.75) is 0 Å². The molecule has 0 fully saturated rings. The first-order valence-corrected chi connectivity index (χ1v) is 9.91. The van der Waals surface area contributed by atoms with Gasteiger partial charge >= 0.3 is 0 Å². The van der Waals surface area contributed by atoms with Crippen molar-refractivity contribution >= 4 is 29.8 Å². The molecule has 0 bridgehead atoms. The highest BCUT2D eigenvalue weighted by atomic mass is 16.3. The number of nitrogens with zero attached hydrogens (tertiary/aromatic N) is 2. The zero-order valence-electron chi connectivity index (χ0n) is 17.8. The van der Waals surface area contributed by atoms with Gasteiger partial charge in [0.05, 0.1) is 6.21 Å². The first-order chi connectivity index (χ1) is 15.4. The van der Waals surface area contributed by atoms with Crippen LogP contribution in [0.15, 0.2) is 89.7 Å². The predicted octanol–water partition coefficient (Wildman–Crippen LogP) is 3.38. The van der Waals surface area contributed by atoms with Crippen molar-refractivity contribution in [3.05, 3.63) is 101 Å². The second-order valence-electron chi connectivity index (χ2n) is 7.12. The number of nitrogens with one attached hydrogen (secondary N) is 2. The summed E-state index contributed by atoms with van der Waals surface area (Å²) in [6.45, 7) is 0. The number of aromatic hydroxyl groups is 1. The summed E-state index contributed by atoms with van der Waals surface area (Å²) in [6.07, 6.45) is 2.90. The van der Waals surface area contributed by atoms with Crippen LogP contribution in [0, 0.1) is 0 Å². The molecule has 0 atom stereocenters. The molecule has 0 aliphatic heterocycles. The Morgan fingerprint density at radius 1 is 0.906 bits per heavy atom. The zero-order valence-corrected chi connectivity index (χ0v) is 17.8. The topological polar surface area (TPSA) is 94.0 Å². The lowest BCUT2D eigenvalue weighted by Crippen LogP contribution is -2.32. The van der Waals surface area contributed by atoms with E-state index in [2.05, 4.69) is 15.8 Å². The Morgan fingerprint density at radius 2 is 1.56 bits per heavy atom. The van der Waals surface area contributed by atoms with Gasteiger partial charge < -0.3 is 15.3 Å². The molecule has 7 heteroatoms. The number of carbonyl (C=O) groups excluding carboxylic acids is 2. The zero-order chi connectivity index (χ0) is 22.9. The molecule has 32 heavy (non-hydrogen) atoms. The number of para-hydroxylation sites is 1. The number of phenols is 1. The van der Waals surface area contributed by atoms with Gasteiger partial charge in [-0.3, -0.25) is 9.59 Å². The van der Waals surface area contributed by atoms with Crippen LogP contribution >= 0.6 is 0 Å². The van der Waals surface area contributed by atoms with Crippen LogP contribution in [-0.4, -0.2) is 37.2 Å². The third-order valence-electron chi connectivity index (χ3n) is 4.56. The summed E-state index contributed by atoms with van der Waals surface area (Å²) in [6, 6.07) is 22.7. The van der Waals surface area contributed by atoms with Crippen LogP contribution in [0.4, 0.5) is 5.69 Å². The highest BCUT2D eigenvalue weighted by molar-refractivity contribution is 6.05. The number of anilines is 1. The molecule has 162 valence electrons. The fourth-order valence-corrected chi connectivity index (χ4v) is 2.80. The number of amides is 2. The van der Waals surface area contributed by atoms with Gasteiger partial charge in [-0.15, -0.1) is 0 Å². The quantitative estimate of drug-likeness (QED) is 0.306. The Balaban J connectivity index is 1.82. The molecule has 0 spiro atoms. The number of benzene rings is 3. The molecule has 3 N–H and O–H groups in total. The van der Waals surface area contributed by atoms with Gasteiger partial charge in [0.25, 0.3) is 11.8 Å². The summed E-state index contributed by atoms with van der Waals surface area (Å²) < 4.78 is 0. The van der Waals surface area contributed by atoms with E-state index in [1.165, 1.54) is 12.3 Å². The van der Waals surface area contributed by atoms with E-state index < -0.39 is 11.8 Å². The number of hydrogen-bond donors (Lipinski definition) is 3. The highest BCUT2D eigenvalue weighted by Crippen LogP contribution is 2.15. The molecule has 0 aromatic heterocycles. The number of rotatable bonds is 7. The lowest BCUT2D eigenvalue weighted by atomic mass is 10.1. The Hall–Kier alpha value is -4.39. The smallest absolute Gasteiger partial charge is 0.287 e. The van der Waals surface area contributed by atoms with Crippen LogP contribution in [0.25, 0.3) is 6.08 Å². The molecule has 0 unspecified atom stereocenters. The Bertz CT molecular complexity index is 1140. The van der Waals surface area contributed by atoms with E-state index in [4.69, 9.17) is 0 Å². The minimum absolute atomic E-state index is 0.0332. The van der Waals surface area contributed by atoms with Crippen molar-refractivity contribution in [1.29, 1.82) is 0 Å².